The number of amides is 1. The van der Waals surface area contributed by atoms with Crippen LogP contribution in [0.25, 0.3) is 0 Å². The first-order valence-electron chi connectivity index (χ1n) is 5.34. The molecule has 0 atom stereocenters. The summed E-state index contributed by atoms with van der Waals surface area (Å²) in [6.07, 6.45) is 0.974. The van der Waals surface area contributed by atoms with Crippen molar-refractivity contribution >= 4 is 23.2 Å². The topological polar surface area (TPSA) is 124 Å². The van der Waals surface area contributed by atoms with Gasteiger partial charge in [0.1, 0.15) is 11.3 Å². The first kappa shape index (κ1) is 13.9. The normalized spacial score (nSPS) is 10.3. The summed E-state index contributed by atoms with van der Waals surface area (Å²) in [5.41, 5.74) is -0.420. The molecule has 10 heteroatoms. The molecule has 2 rings (SSSR count). The number of carbonyl (C=O) groups excluding carboxylic acids is 1. The van der Waals surface area contributed by atoms with E-state index in [0.29, 0.717) is 5.89 Å². The third kappa shape index (κ3) is 3.06. The van der Waals surface area contributed by atoms with E-state index >= 15 is 0 Å². The van der Waals surface area contributed by atoms with Gasteiger partial charge in [0, 0.05) is 13.0 Å². The van der Waals surface area contributed by atoms with Crippen LogP contribution in [-0.2, 0) is 6.54 Å². The lowest BCUT2D eigenvalue weighted by Crippen LogP contribution is -2.24. The van der Waals surface area contributed by atoms with Crippen molar-refractivity contribution in [3.63, 3.8) is 0 Å². The van der Waals surface area contributed by atoms with E-state index in [1.807, 2.05) is 0 Å². The second-order valence-corrected chi connectivity index (χ2v) is 4.06. The molecule has 0 fully saturated rings. The minimum Gasteiger partial charge on any atom is -0.344 e. The zero-order chi connectivity index (χ0) is 14.7. The summed E-state index contributed by atoms with van der Waals surface area (Å²) in [5, 5.41) is 16.6. The lowest BCUT2D eigenvalue weighted by Gasteiger charge is -2.03. The van der Waals surface area contributed by atoms with Crippen LogP contribution in [-0.4, -0.2) is 26.0 Å². The Morgan fingerprint density at radius 2 is 2.35 bits per heavy atom. The summed E-state index contributed by atoms with van der Waals surface area (Å²) in [4.78, 5) is 29.3. The van der Waals surface area contributed by atoms with Crippen LogP contribution in [0, 0.1) is 17.0 Å². The molecule has 1 amide bonds. The molecular formula is C10H8ClN5O4. The fraction of sp³-hybridized carbons (Fsp3) is 0.200. The maximum Gasteiger partial charge on any atom is 0.288 e. The van der Waals surface area contributed by atoms with Crippen LogP contribution in [0.15, 0.2) is 16.8 Å². The molecule has 0 aliphatic carbocycles. The van der Waals surface area contributed by atoms with Gasteiger partial charge in [-0.25, -0.2) is 4.98 Å². The Bertz CT molecular complexity index is 671. The smallest absolute Gasteiger partial charge is 0.288 e. The quantitative estimate of drug-likeness (QED) is 0.511. The Labute approximate surface area is 117 Å². The number of nitro groups is 1. The van der Waals surface area contributed by atoms with Gasteiger partial charge < -0.3 is 9.84 Å². The number of aryl methyl sites for hydroxylation is 1. The van der Waals surface area contributed by atoms with Crippen molar-refractivity contribution in [3.8, 4) is 0 Å². The molecule has 0 unspecified atom stereocenters. The van der Waals surface area contributed by atoms with E-state index in [0.717, 1.165) is 12.3 Å². The number of hydrogen-bond donors (Lipinski definition) is 1. The Kier molecular flexibility index (Phi) is 3.89. The van der Waals surface area contributed by atoms with Crippen molar-refractivity contribution in [2.75, 3.05) is 0 Å². The highest BCUT2D eigenvalue weighted by atomic mass is 35.5. The van der Waals surface area contributed by atoms with Gasteiger partial charge in [-0.2, -0.15) is 4.98 Å². The highest BCUT2D eigenvalue weighted by Gasteiger charge is 2.17. The zero-order valence-corrected chi connectivity index (χ0v) is 10.9. The molecule has 0 saturated heterocycles. The van der Waals surface area contributed by atoms with Crippen molar-refractivity contribution in [1.29, 1.82) is 0 Å². The van der Waals surface area contributed by atoms with Gasteiger partial charge in [0.15, 0.2) is 5.82 Å². The fourth-order valence-electron chi connectivity index (χ4n) is 1.36. The van der Waals surface area contributed by atoms with Crippen LogP contribution in [0.3, 0.4) is 0 Å². The minimum absolute atomic E-state index is 0.00912. The van der Waals surface area contributed by atoms with E-state index in [1.54, 1.807) is 6.92 Å². The largest absolute Gasteiger partial charge is 0.344 e. The number of aromatic nitrogens is 3. The van der Waals surface area contributed by atoms with Gasteiger partial charge in [0.2, 0.25) is 5.89 Å². The number of nitrogens with one attached hydrogen (secondary N) is 1. The van der Waals surface area contributed by atoms with E-state index in [4.69, 9.17) is 16.1 Å². The third-order valence-corrected chi connectivity index (χ3v) is 2.56. The van der Waals surface area contributed by atoms with E-state index in [-0.39, 0.29) is 28.8 Å². The van der Waals surface area contributed by atoms with E-state index in [9.17, 15) is 14.9 Å². The second kappa shape index (κ2) is 5.61. The van der Waals surface area contributed by atoms with Gasteiger partial charge in [-0.1, -0.05) is 16.8 Å². The molecule has 0 spiro atoms. The summed E-state index contributed by atoms with van der Waals surface area (Å²) in [5.74, 6) is 0.0308. The molecule has 0 radical (unpaired) electrons. The van der Waals surface area contributed by atoms with Gasteiger partial charge in [-0.15, -0.1) is 0 Å². The zero-order valence-electron chi connectivity index (χ0n) is 10.2. The summed E-state index contributed by atoms with van der Waals surface area (Å²) in [6, 6.07) is 1.05. The highest BCUT2D eigenvalue weighted by molar-refractivity contribution is 6.32. The Hall–Kier alpha value is -2.55. The van der Waals surface area contributed by atoms with Gasteiger partial charge in [-0.05, 0) is 0 Å². The van der Waals surface area contributed by atoms with E-state index in [1.165, 1.54) is 0 Å². The minimum atomic E-state index is -0.664. The molecule has 2 aromatic rings. The van der Waals surface area contributed by atoms with Crippen LogP contribution < -0.4 is 5.32 Å². The molecule has 2 heterocycles. The Morgan fingerprint density at radius 1 is 1.60 bits per heavy atom. The van der Waals surface area contributed by atoms with Crippen LogP contribution in [0.4, 0.5) is 5.69 Å². The molecular weight excluding hydrogens is 290 g/mol. The molecule has 1 N–H and O–H groups in total. The lowest BCUT2D eigenvalue weighted by molar-refractivity contribution is -0.385. The van der Waals surface area contributed by atoms with Crippen LogP contribution in [0.1, 0.15) is 22.1 Å². The summed E-state index contributed by atoms with van der Waals surface area (Å²) in [7, 11) is 0. The molecule has 104 valence electrons. The number of hydrogen-bond acceptors (Lipinski definition) is 7. The average Bonchev–Trinajstić information content (AvgIpc) is 2.82. The highest BCUT2D eigenvalue weighted by Crippen LogP contribution is 2.18. The van der Waals surface area contributed by atoms with Crippen LogP contribution in [0.5, 0.6) is 0 Å². The standard InChI is InChI=1S/C10H8ClN5O4/c1-5-14-8(15-20-5)4-13-10(17)7-2-6(16(18)19)3-12-9(7)11/h2-3H,4H2,1H3,(H,13,17). The van der Waals surface area contributed by atoms with Gasteiger partial charge >= 0.3 is 0 Å². The molecule has 0 bridgehead atoms. The van der Waals surface area contributed by atoms with Gasteiger partial charge in [0.25, 0.3) is 11.6 Å². The van der Waals surface area contributed by atoms with Crippen molar-refractivity contribution in [2.45, 2.75) is 13.5 Å². The maximum absolute atomic E-state index is 11.9. The molecule has 0 aliphatic heterocycles. The van der Waals surface area contributed by atoms with E-state index < -0.39 is 10.8 Å². The van der Waals surface area contributed by atoms with Crippen molar-refractivity contribution in [2.24, 2.45) is 0 Å². The van der Waals surface area contributed by atoms with Crippen molar-refractivity contribution < 1.29 is 14.2 Å². The lowest BCUT2D eigenvalue weighted by atomic mass is 10.2. The number of nitrogens with zero attached hydrogens (tertiary/aromatic N) is 4. The first-order chi connectivity index (χ1) is 9.47. The summed E-state index contributed by atoms with van der Waals surface area (Å²) < 4.78 is 4.74. The average molecular weight is 298 g/mol. The number of pyridine rings is 1. The van der Waals surface area contributed by atoms with Crippen LogP contribution >= 0.6 is 11.6 Å². The molecule has 0 saturated carbocycles. The van der Waals surface area contributed by atoms with Crippen molar-refractivity contribution in [1.82, 2.24) is 20.4 Å². The fourth-order valence-corrected chi connectivity index (χ4v) is 1.55. The Morgan fingerprint density at radius 3 is 2.95 bits per heavy atom. The van der Waals surface area contributed by atoms with Gasteiger partial charge in [-0.3, -0.25) is 14.9 Å². The van der Waals surface area contributed by atoms with E-state index in [2.05, 4.69) is 20.4 Å². The molecule has 2 aromatic heterocycles. The molecule has 0 aromatic carbocycles. The Balaban J connectivity index is 2.12. The monoisotopic (exact) mass is 297 g/mol. The SMILES string of the molecule is Cc1nc(CNC(=O)c2cc([N+](=O)[O-])cnc2Cl)no1. The number of rotatable bonds is 4. The first-order valence-corrected chi connectivity index (χ1v) is 5.72. The van der Waals surface area contributed by atoms with Crippen molar-refractivity contribution in [3.05, 3.63) is 44.8 Å². The predicted octanol–water partition coefficient (Wildman–Crippen LogP) is 1.26. The number of halogens is 1. The predicted molar refractivity (Wildman–Crippen MR) is 66.1 cm³/mol. The molecule has 20 heavy (non-hydrogen) atoms. The van der Waals surface area contributed by atoms with Crippen LogP contribution in [0.2, 0.25) is 5.15 Å². The third-order valence-electron chi connectivity index (χ3n) is 2.26. The maximum atomic E-state index is 11.9. The molecule has 0 aliphatic rings. The summed E-state index contributed by atoms with van der Waals surface area (Å²) >= 11 is 5.74. The number of carbonyl (C=O) groups is 1. The van der Waals surface area contributed by atoms with Gasteiger partial charge in [0.05, 0.1) is 17.0 Å². The second-order valence-electron chi connectivity index (χ2n) is 3.70. The summed E-state index contributed by atoms with van der Waals surface area (Å²) in [6.45, 7) is 1.62. The molecule has 9 nitrogen and oxygen atoms in total.